The van der Waals surface area contributed by atoms with Gasteiger partial charge in [0.05, 0.1) is 31.1 Å². The Morgan fingerprint density at radius 2 is 2.25 bits per heavy atom. The molecule has 1 atom stereocenters. The monoisotopic (exact) mass is 280 g/mol. The molecule has 0 radical (unpaired) electrons. The van der Waals surface area contributed by atoms with E-state index in [1.165, 1.54) is 12.8 Å². The predicted octanol–water partition coefficient (Wildman–Crippen LogP) is 2.18. The van der Waals surface area contributed by atoms with Crippen molar-refractivity contribution in [2.75, 3.05) is 26.8 Å². The molecule has 0 N–H and O–H groups in total. The van der Waals surface area contributed by atoms with Crippen LogP contribution >= 0.6 is 0 Å². The lowest BCUT2D eigenvalue weighted by Gasteiger charge is -2.42. The molecule has 0 bridgehead atoms. The van der Waals surface area contributed by atoms with Crippen molar-refractivity contribution in [3.8, 4) is 0 Å². The molecule has 1 saturated heterocycles. The Bertz CT molecular complexity index is 454. The van der Waals surface area contributed by atoms with E-state index in [0.717, 1.165) is 31.3 Å². The fourth-order valence-corrected chi connectivity index (χ4v) is 2.96. The van der Waals surface area contributed by atoms with Crippen molar-refractivity contribution < 1.29 is 13.9 Å². The van der Waals surface area contributed by atoms with Crippen molar-refractivity contribution in [1.82, 2.24) is 9.88 Å². The first kappa shape index (κ1) is 14.0. The molecule has 20 heavy (non-hydrogen) atoms. The smallest absolute Gasteiger partial charge is 0.208 e. The number of aromatic nitrogens is 1. The van der Waals surface area contributed by atoms with Crippen LogP contribution in [-0.2, 0) is 16.0 Å². The fraction of sp³-hybridized carbons (Fsp3) is 0.800. The summed E-state index contributed by atoms with van der Waals surface area (Å²) >= 11 is 0. The molecule has 0 amide bonds. The maximum Gasteiger partial charge on any atom is 0.208 e. The predicted molar refractivity (Wildman–Crippen MR) is 74.6 cm³/mol. The van der Waals surface area contributed by atoms with E-state index < -0.39 is 0 Å². The minimum absolute atomic E-state index is 0.113. The van der Waals surface area contributed by atoms with Gasteiger partial charge in [-0.25, -0.2) is 4.98 Å². The van der Waals surface area contributed by atoms with E-state index in [9.17, 15) is 0 Å². The molecular formula is C15H24N2O3. The van der Waals surface area contributed by atoms with Crippen LogP contribution in [0.25, 0.3) is 0 Å². The summed E-state index contributed by atoms with van der Waals surface area (Å²) in [4.78, 5) is 6.75. The third kappa shape index (κ3) is 3.40. The molecule has 5 nitrogen and oxygen atoms in total. The van der Waals surface area contributed by atoms with E-state index in [0.29, 0.717) is 12.5 Å². The minimum atomic E-state index is -0.159. The van der Waals surface area contributed by atoms with Crippen LogP contribution < -0.4 is 0 Å². The highest BCUT2D eigenvalue weighted by molar-refractivity contribution is 5.08. The number of morpholine rings is 1. The Kier molecular flexibility index (Phi) is 3.84. The summed E-state index contributed by atoms with van der Waals surface area (Å²) in [6.07, 6.45) is 4.50. The maximum absolute atomic E-state index is 6.02. The van der Waals surface area contributed by atoms with Crippen LogP contribution in [0.2, 0.25) is 0 Å². The van der Waals surface area contributed by atoms with Gasteiger partial charge in [-0.1, -0.05) is 0 Å². The zero-order chi connectivity index (χ0) is 14.2. The Hall–Kier alpha value is -0.910. The highest BCUT2D eigenvalue weighted by Crippen LogP contribution is 2.40. The van der Waals surface area contributed by atoms with Crippen molar-refractivity contribution in [3.63, 3.8) is 0 Å². The fourth-order valence-electron chi connectivity index (χ4n) is 2.96. The molecule has 2 heterocycles. The number of rotatable bonds is 5. The van der Waals surface area contributed by atoms with Crippen LogP contribution in [0.4, 0.5) is 0 Å². The molecule has 3 rings (SSSR count). The summed E-state index contributed by atoms with van der Waals surface area (Å²) in [6, 6.07) is 0. The van der Waals surface area contributed by atoms with Gasteiger partial charge in [0.2, 0.25) is 5.89 Å². The second kappa shape index (κ2) is 5.47. The molecule has 5 heteroatoms. The Balaban J connectivity index is 1.62. The van der Waals surface area contributed by atoms with Gasteiger partial charge in [-0.05, 0) is 26.7 Å². The van der Waals surface area contributed by atoms with Crippen LogP contribution in [0, 0.1) is 0 Å². The first-order valence-corrected chi connectivity index (χ1v) is 7.39. The molecule has 0 aromatic carbocycles. The van der Waals surface area contributed by atoms with E-state index in [2.05, 4.69) is 23.7 Å². The van der Waals surface area contributed by atoms with E-state index in [-0.39, 0.29) is 11.7 Å². The first-order chi connectivity index (χ1) is 9.55. The molecule has 2 aliphatic rings. The number of hydrogen-bond acceptors (Lipinski definition) is 5. The Morgan fingerprint density at radius 3 is 2.95 bits per heavy atom. The van der Waals surface area contributed by atoms with Gasteiger partial charge in [0.1, 0.15) is 5.76 Å². The van der Waals surface area contributed by atoms with Gasteiger partial charge in [0.25, 0.3) is 0 Å². The summed E-state index contributed by atoms with van der Waals surface area (Å²) in [5, 5.41) is 0. The number of nitrogens with zero attached hydrogens (tertiary/aromatic N) is 2. The lowest BCUT2D eigenvalue weighted by Crippen LogP contribution is -2.53. The number of hydrogen-bond donors (Lipinski definition) is 0. The van der Waals surface area contributed by atoms with Crippen LogP contribution in [0.1, 0.15) is 44.3 Å². The van der Waals surface area contributed by atoms with Crippen molar-refractivity contribution in [1.29, 1.82) is 0 Å². The van der Waals surface area contributed by atoms with Crippen LogP contribution in [-0.4, -0.2) is 48.4 Å². The molecule has 2 fully saturated rings. The topological polar surface area (TPSA) is 47.7 Å². The summed E-state index contributed by atoms with van der Waals surface area (Å²) < 4.78 is 17.1. The van der Waals surface area contributed by atoms with E-state index in [1.54, 1.807) is 7.11 Å². The quantitative estimate of drug-likeness (QED) is 0.827. The molecule has 0 spiro atoms. The highest BCUT2D eigenvalue weighted by Gasteiger charge is 2.34. The zero-order valence-electron chi connectivity index (χ0n) is 12.6. The van der Waals surface area contributed by atoms with Gasteiger partial charge < -0.3 is 13.9 Å². The number of oxazole rings is 1. The van der Waals surface area contributed by atoms with Crippen LogP contribution in [0.15, 0.2) is 10.6 Å². The largest absolute Gasteiger partial charge is 0.444 e. The zero-order valence-corrected chi connectivity index (χ0v) is 12.6. The highest BCUT2D eigenvalue weighted by atomic mass is 16.5. The third-order valence-corrected chi connectivity index (χ3v) is 3.81. The van der Waals surface area contributed by atoms with Gasteiger partial charge >= 0.3 is 0 Å². The Morgan fingerprint density at radius 1 is 1.45 bits per heavy atom. The molecule has 112 valence electrons. The molecule has 1 unspecified atom stereocenters. The van der Waals surface area contributed by atoms with Crippen molar-refractivity contribution >= 4 is 0 Å². The molecule has 1 aromatic rings. The lowest BCUT2D eigenvalue weighted by atomic mass is 10.1. The Labute approximate surface area is 120 Å². The summed E-state index contributed by atoms with van der Waals surface area (Å²) in [5.74, 6) is 2.50. The third-order valence-electron chi connectivity index (χ3n) is 3.81. The van der Waals surface area contributed by atoms with E-state index in [4.69, 9.17) is 13.9 Å². The number of methoxy groups -OCH3 is 1. The SMILES string of the molecule is COCC1CN(Cc2ncc(C3CC3)o2)CC(C)(C)O1. The first-order valence-electron chi connectivity index (χ1n) is 7.39. The molecule has 1 saturated carbocycles. The average Bonchev–Trinajstić information content (AvgIpc) is 3.09. The standard InChI is InChI=1S/C15H24N2O3/c1-15(2)10-17(7-12(20-15)9-18-3)8-14-16-6-13(19-14)11-4-5-11/h6,11-12H,4-5,7-10H2,1-3H3. The van der Waals surface area contributed by atoms with Gasteiger partial charge in [0, 0.05) is 26.1 Å². The van der Waals surface area contributed by atoms with Gasteiger partial charge in [-0.2, -0.15) is 0 Å². The molecule has 1 aliphatic carbocycles. The average molecular weight is 280 g/mol. The van der Waals surface area contributed by atoms with Crippen molar-refractivity contribution in [2.24, 2.45) is 0 Å². The lowest BCUT2D eigenvalue weighted by molar-refractivity contribution is -0.155. The van der Waals surface area contributed by atoms with Crippen molar-refractivity contribution in [2.45, 2.75) is 50.9 Å². The summed E-state index contributed by atoms with van der Waals surface area (Å²) in [6.45, 7) is 7.35. The van der Waals surface area contributed by atoms with Gasteiger partial charge in [-0.15, -0.1) is 0 Å². The van der Waals surface area contributed by atoms with Gasteiger partial charge in [-0.3, -0.25) is 4.90 Å². The van der Waals surface area contributed by atoms with E-state index in [1.807, 2.05) is 6.20 Å². The number of ether oxygens (including phenoxy) is 2. The van der Waals surface area contributed by atoms with Crippen LogP contribution in [0.3, 0.4) is 0 Å². The summed E-state index contributed by atoms with van der Waals surface area (Å²) in [5.41, 5.74) is -0.159. The minimum Gasteiger partial charge on any atom is -0.444 e. The molecular weight excluding hydrogens is 256 g/mol. The molecule has 1 aliphatic heterocycles. The van der Waals surface area contributed by atoms with Crippen LogP contribution in [0.5, 0.6) is 0 Å². The second-order valence-electron chi connectivity index (χ2n) is 6.56. The second-order valence-corrected chi connectivity index (χ2v) is 6.56. The normalized spacial score (nSPS) is 26.9. The van der Waals surface area contributed by atoms with Gasteiger partial charge in [0.15, 0.2) is 0 Å². The summed E-state index contributed by atoms with van der Waals surface area (Å²) in [7, 11) is 1.71. The van der Waals surface area contributed by atoms with E-state index >= 15 is 0 Å². The van der Waals surface area contributed by atoms with Crippen molar-refractivity contribution in [3.05, 3.63) is 17.8 Å². The maximum atomic E-state index is 6.02. The molecule has 1 aromatic heterocycles.